The summed E-state index contributed by atoms with van der Waals surface area (Å²) >= 11 is 0. The number of H-pyrrole nitrogens is 1. The maximum Gasteiger partial charge on any atom is 0.225 e. The number of nitrogens with zero attached hydrogens (tertiary/aromatic N) is 5. The van der Waals surface area contributed by atoms with Crippen LogP contribution in [0.3, 0.4) is 0 Å². The van der Waals surface area contributed by atoms with E-state index in [0.717, 1.165) is 56.6 Å². The van der Waals surface area contributed by atoms with Crippen LogP contribution in [0.15, 0.2) is 24.8 Å². The van der Waals surface area contributed by atoms with E-state index in [2.05, 4.69) is 19.9 Å². The zero-order valence-corrected chi connectivity index (χ0v) is 16.9. The Morgan fingerprint density at radius 1 is 1.07 bits per heavy atom. The largest absolute Gasteiger partial charge is 0.343 e. The molecule has 2 fully saturated rings. The molecule has 1 atom stereocenters. The molecule has 2 aromatic rings. The summed E-state index contributed by atoms with van der Waals surface area (Å²) in [7, 11) is 0. The smallest absolute Gasteiger partial charge is 0.225 e. The fourth-order valence-corrected chi connectivity index (χ4v) is 4.41. The Morgan fingerprint density at radius 3 is 2.55 bits per heavy atom. The van der Waals surface area contributed by atoms with Crippen LogP contribution in [0.4, 0.5) is 0 Å². The van der Waals surface area contributed by atoms with Crippen LogP contribution in [-0.2, 0) is 16.0 Å². The summed E-state index contributed by atoms with van der Waals surface area (Å²) in [6.45, 7) is 4.61. The Balaban J connectivity index is 1.31. The van der Waals surface area contributed by atoms with Crippen LogP contribution in [0, 0.1) is 11.8 Å². The minimum absolute atomic E-state index is 0.0525. The van der Waals surface area contributed by atoms with Gasteiger partial charge >= 0.3 is 0 Å². The molecule has 0 saturated carbocycles. The van der Waals surface area contributed by atoms with E-state index in [4.69, 9.17) is 0 Å². The summed E-state index contributed by atoms with van der Waals surface area (Å²) in [5.41, 5.74) is 1.69. The molecule has 2 saturated heterocycles. The number of piperidine rings is 2. The molecule has 2 aliphatic rings. The molecule has 2 aromatic heterocycles. The van der Waals surface area contributed by atoms with E-state index in [-0.39, 0.29) is 17.7 Å². The van der Waals surface area contributed by atoms with E-state index in [1.807, 2.05) is 16.0 Å². The lowest BCUT2D eigenvalue weighted by Gasteiger charge is -2.37. The van der Waals surface area contributed by atoms with E-state index in [0.29, 0.717) is 24.8 Å². The van der Waals surface area contributed by atoms with Gasteiger partial charge in [-0.25, -0.2) is 9.97 Å². The number of nitrogens with one attached hydrogen (secondary N) is 1. The summed E-state index contributed by atoms with van der Waals surface area (Å²) in [4.78, 5) is 44.6. The fourth-order valence-electron chi connectivity index (χ4n) is 4.41. The van der Waals surface area contributed by atoms with Gasteiger partial charge in [0.05, 0.1) is 11.9 Å². The maximum absolute atomic E-state index is 13.0. The van der Waals surface area contributed by atoms with Crippen molar-refractivity contribution in [2.45, 2.75) is 39.0 Å². The molecule has 0 aromatic carbocycles. The van der Waals surface area contributed by atoms with Crippen LogP contribution < -0.4 is 0 Å². The van der Waals surface area contributed by atoms with Gasteiger partial charge in [0.15, 0.2) is 5.82 Å². The van der Waals surface area contributed by atoms with Gasteiger partial charge in [0.2, 0.25) is 11.8 Å². The first-order valence-corrected chi connectivity index (χ1v) is 10.4. The first-order valence-electron chi connectivity index (χ1n) is 10.4. The molecule has 0 spiro atoms. The maximum atomic E-state index is 13.0. The quantitative estimate of drug-likeness (QED) is 0.852. The average molecular weight is 396 g/mol. The first kappa shape index (κ1) is 19.5. The van der Waals surface area contributed by atoms with E-state index in [9.17, 15) is 9.59 Å². The van der Waals surface area contributed by atoms with Crippen LogP contribution >= 0.6 is 0 Å². The fraction of sp³-hybridized carbons (Fsp3) is 0.571. The third-order valence-corrected chi connectivity index (χ3v) is 6.06. The van der Waals surface area contributed by atoms with Gasteiger partial charge in [-0.05, 0) is 38.0 Å². The normalized spacial score (nSPS) is 20.7. The van der Waals surface area contributed by atoms with Gasteiger partial charge in [-0.1, -0.05) is 0 Å². The molecule has 1 unspecified atom stereocenters. The van der Waals surface area contributed by atoms with Crippen LogP contribution in [0.1, 0.15) is 38.3 Å². The molecule has 4 heterocycles. The molecule has 8 nitrogen and oxygen atoms in total. The summed E-state index contributed by atoms with van der Waals surface area (Å²) in [6, 6.07) is 0. The van der Waals surface area contributed by atoms with Gasteiger partial charge in [-0.15, -0.1) is 0 Å². The number of carbonyl (C=O) groups excluding carboxylic acids is 2. The lowest BCUT2D eigenvalue weighted by molar-refractivity contribution is -0.141. The number of aromatic amines is 1. The van der Waals surface area contributed by atoms with Gasteiger partial charge in [0.25, 0.3) is 0 Å². The topological polar surface area (TPSA) is 95.1 Å². The second-order valence-corrected chi connectivity index (χ2v) is 8.11. The number of amides is 2. The van der Waals surface area contributed by atoms with E-state index in [1.165, 1.54) is 0 Å². The average Bonchev–Trinajstić information content (AvgIpc) is 3.29. The highest BCUT2D eigenvalue weighted by atomic mass is 16.2. The Labute approximate surface area is 170 Å². The van der Waals surface area contributed by atoms with Crippen LogP contribution in [0.25, 0.3) is 11.5 Å². The number of imidazole rings is 1. The third-order valence-electron chi connectivity index (χ3n) is 6.06. The predicted molar refractivity (Wildman–Crippen MR) is 108 cm³/mol. The lowest BCUT2D eigenvalue weighted by atomic mass is 9.90. The number of aromatic nitrogens is 4. The molecule has 2 aliphatic heterocycles. The number of rotatable bonds is 4. The monoisotopic (exact) mass is 396 g/mol. The highest BCUT2D eigenvalue weighted by Gasteiger charge is 2.32. The molecule has 0 radical (unpaired) electrons. The second kappa shape index (κ2) is 8.71. The predicted octanol–water partition coefficient (Wildman–Crippen LogP) is 1.91. The molecule has 8 heteroatoms. The Hall–Kier alpha value is -2.77. The molecule has 4 rings (SSSR count). The van der Waals surface area contributed by atoms with Crippen LogP contribution in [0.2, 0.25) is 0 Å². The number of carbonyl (C=O) groups is 2. The molecule has 29 heavy (non-hydrogen) atoms. The van der Waals surface area contributed by atoms with E-state index < -0.39 is 0 Å². The van der Waals surface area contributed by atoms with Gasteiger partial charge in [0, 0.05) is 57.6 Å². The van der Waals surface area contributed by atoms with Crippen LogP contribution in [-0.4, -0.2) is 67.7 Å². The minimum atomic E-state index is 0.0525. The highest BCUT2D eigenvalue weighted by Crippen LogP contribution is 2.25. The number of hydrogen-bond donors (Lipinski definition) is 1. The van der Waals surface area contributed by atoms with Crippen molar-refractivity contribution in [1.29, 1.82) is 0 Å². The van der Waals surface area contributed by atoms with Gasteiger partial charge < -0.3 is 14.8 Å². The molecule has 1 N–H and O–H groups in total. The van der Waals surface area contributed by atoms with Gasteiger partial charge in [-0.2, -0.15) is 0 Å². The first-order chi connectivity index (χ1) is 14.1. The second-order valence-electron chi connectivity index (χ2n) is 8.11. The van der Waals surface area contributed by atoms with Crippen molar-refractivity contribution in [3.63, 3.8) is 0 Å². The number of likely N-dealkylation sites (tertiary alicyclic amines) is 2. The summed E-state index contributed by atoms with van der Waals surface area (Å²) in [6.07, 6.45) is 11.6. The highest BCUT2D eigenvalue weighted by molar-refractivity contribution is 5.80. The molecule has 154 valence electrons. The van der Waals surface area contributed by atoms with Crippen LogP contribution in [0.5, 0.6) is 0 Å². The van der Waals surface area contributed by atoms with E-state index >= 15 is 0 Å². The van der Waals surface area contributed by atoms with Crippen molar-refractivity contribution in [3.8, 4) is 11.5 Å². The Kier molecular flexibility index (Phi) is 5.87. The van der Waals surface area contributed by atoms with Crippen molar-refractivity contribution in [1.82, 2.24) is 29.7 Å². The summed E-state index contributed by atoms with van der Waals surface area (Å²) < 4.78 is 0. The number of hydrogen-bond acceptors (Lipinski definition) is 5. The molecule has 2 amide bonds. The van der Waals surface area contributed by atoms with Gasteiger partial charge in [0.1, 0.15) is 5.69 Å². The lowest BCUT2D eigenvalue weighted by Crippen LogP contribution is -2.47. The zero-order chi connectivity index (χ0) is 20.2. The molecular formula is C21H28N6O2. The van der Waals surface area contributed by atoms with Crippen molar-refractivity contribution in [2.75, 3.05) is 26.2 Å². The zero-order valence-electron chi connectivity index (χ0n) is 16.9. The minimum Gasteiger partial charge on any atom is -0.343 e. The molecule has 0 aliphatic carbocycles. The molecular weight excluding hydrogens is 368 g/mol. The van der Waals surface area contributed by atoms with Crippen molar-refractivity contribution >= 4 is 11.8 Å². The van der Waals surface area contributed by atoms with Crippen molar-refractivity contribution in [2.24, 2.45) is 11.8 Å². The Bertz CT molecular complexity index is 827. The standard InChI is InChI=1S/C21H28N6O2/c1-15(28)26-9-4-17(5-10-26)21(29)27-8-2-3-16(14-27)11-18-12-25-19(13-24-18)20-22-6-7-23-20/h6-7,12-13,16-17H,2-5,8-11,14H2,1H3,(H,22,23). The third kappa shape index (κ3) is 4.63. The summed E-state index contributed by atoms with van der Waals surface area (Å²) in [5.74, 6) is 1.55. The van der Waals surface area contributed by atoms with Crippen molar-refractivity contribution in [3.05, 3.63) is 30.5 Å². The molecule has 0 bridgehead atoms. The Morgan fingerprint density at radius 2 is 1.90 bits per heavy atom. The van der Waals surface area contributed by atoms with Gasteiger partial charge in [-0.3, -0.25) is 14.6 Å². The van der Waals surface area contributed by atoms with E-state index in [1.54, 1.807) is 25.5 Å². The SMILES string of the molecule is CC(=O)N1CCC(C(=O)N2CCCC(Cc3cnc(-c4ncc[nH]4)cn3)C2)CC1. The summed E-state index contributed by atoms with van der Waals surface area (Å²) in [5, 5.41) is 0. The van der Waals surface area contributed by atoms with Crippen molar-refractivity contribution < 1.29 is 9.59 Å².